The average Bonchev–Trinajstić information content (AvgIpc) is 2.76. The fraction of sp³-hybridized carbons (Fsp3) is 0.308. The summed E-state index contributed by atoms with van der Waals surface area (Å²) in [6.45, 7) is 4.79. The summed E-state index contributed by atoms with van der Waals surface area (Å²) in [5.74, 6) is -0.397. The van der Waals surface area contributed by atoms with Crippen molar-refractivity contribution >= 4 is 22.9 Å². The molecular formula is C13H14ClFN2S. The van der Waals surface area contributed by atoms with Gasteiger partial charge in [-0.3, -0.25) is 0 Å². The van der Waals surface area contributed by atoms with Gasteiger partial charge in [0.25, 0.3) is 0 Å². The molecule has 0 spiro atoms. The number of nitrogens with zero attached hydrogens (tertiary/aromatic N) is 1. The third kappa shape index (κ3) is 2.88. The summed E-state index contributed by atoms with van der Waals surface area (Å²) >= 11 is 7.42. The first-order chi connectivity index (χ1) is 8.61. The lowest BCUT2D eigenvalue weighted by Gasteiger charge is -2.16. The highest BCUT2D eigenvalue weighted by atomic mass is 35.5. The van der Waals surface area contributed by atoms with Gasteiger partial charge in [0, 0.05) is 11.1 Å². The summed E-state index contributed by atoms with van der Waals surface area (Å²) in [5, 5.41) is 6.46. The van der Waals surface area contributed by atoms with E-state index in [4.69, 9.17) is 11.6 Å². The molecule has 1 N–H and O–H groups in total. The van der Waals surface area contributed by atoms with Crippen molar-refractivity contribution in [2.45, 2.75) is 19.9 Å². The first-order valence-corrected chi connectivity index (χ1v) is 6.98. The second kappa shape index (κ2) is 5.78. The van der Waals surface area contributed by atoms with Crippen LogP contribution in [-0.2, 0) is 0 Å². The van der Waals surface area contributed by atoms with Crippen LogP contribution in [0.1, 0.15) is 29.2 Å². The molecule has 1 heterocycles. The molecule has 0 aliphatic rings. The van der Waals surface area contributed by atoms with Gasteiger partial charge in [0.05, 0.1) is 11.1 Å². The summed E-state index contributed by atoms with van der Waals surface area (Å²) in [6.07, 6.45) is 0. The van der Waals surface area contributed by atoms with Crippen LogP contribution in [0.25, 0.3) is 0 Å². The van der Waals surface area contributed by atoms with E-state index in [1.165, 1.54) is 6.07 Å². The molecule has 2 aromatic rings. The van der Waals surface area contributed by atoms with E-state index in [1.807, 2.05) is 19.2 Å². The summed E-state index contributed by atoms with van der Waals surface area (Å²) in [7, 11) is 0. The van der Waals surface area contributed by atoms with Crippen LogP contribution >= 0.6 is 22.9 Å². The topological polar surface area (TPSA) is 24.9 Å². The molecule has 96 valence electrons. The lowest BCUT2D eigenvalue weighted by Crippen LogP contribution is -2.22. The number of aromatic nitrogens is 1. The normalized spacial score (nSPS) is 12.7. The average molecular weight is 285 g/mol. The Bertz CT molecular complexity index is 542. The Labute approximate surface area is 115 Å². The molecule has 18 heavy (non-hydrogen) atoms. The van der Waals surface area contributed by atoms with E-state index in [0.717, 1.165) is 22.8 Å². The van der Waals surface area contributed by atoms with E-state index in [-0.39, 0.29) is 11.1 Å². The van der Waals surface area contributed by atoms with Crippen LogP contribution in [0, 0.1) is 12.7 Å². The fourth-order valence-electron chi connectivity index (χ4n) is 1.75. The zero-order chi connectivity index (χ0) is 13.1. The molecule has 1 aromatic heterocycles. The van der Waals surface area contributed by atoms with E-state index in [2.05, 4.69) is 10.3 Å². The van der Waals surface area contributed by atoms with E-state index in [9.17, 15) is 4.39 Å². The maximum atomic E-state index is 13.2. The first-order valence-electron chi connectivity index (χ1n) is 5.72. The Morgan fingerprint density at radius 3 is 2.83 bits per heavy atom. The minimum Gasteiger partial charge on any atom is -0.305 e. The second-order valence-electron chi connectivity index (χ2n) is 3.99. The summed E-state index contributed by atoms with van der Waals surface area (Å²) < 4.78 is 13.2. The van der Waals surface area contributed by atoms with E-state index < -0.39 is 5.82 Å². The molecule has 5 heteroatoms. The van der Waals surface area contributed by atoms with Crippen molar-refractivity contribution in [1.82, 2.24) is 10.3 Å². The standard InChI is InChI=1S/C13H14ClFN2S/c1-3-16-12(13-17-8(2)7-18-13)9-4-5-11(15)10(14)6-9/h4-7,12,16H,3H2,1-2H3. The van der Waals surface area contributed by atoms with Gasteiger partial charge in [-0.05, 0) is 31.2 Å². The Hall–Kier alpha value is -0.970. The Kier molecular flexibility index (Phi) is 4.32. The molecular weight excluding hydrogens is 271 g/mol. The highest BCUT2D eigenvalue weighted by molar-refractivity contribution is 7.09. The first kappa shape index (κ1) is 13.5. The van der Waals surface area contributed by atoms with Crippen LogP contribution in [0.3, 0.4) is 0 Å². The predicted molar refractivity (Wildman–Crippen MR) is 73.8 cm³/mol. The van der Waals surface area contributed by atoms with Crippen molar-refractivity contribution in [2.75, 3.05) is 6.54 Å². The molecule has 1 atom stereocenters. The lowest BCUT2D eigenvalue weighted by molar-refractivity contribution is 0.612. The van der Waals surface area contributed by atoms with E-state index >= 15 is 0 Å². The molecule has 0 fully saturated rings. The Morgan fingerprint density at radius 2 is 2.28 bits per heavy atom. The SMILES string of the molecule is CCNC(c1ccc(F)c(Cl)c1)c1nc(C)cs1. The number of halogens is 2. The van der Waals surface area contributed by atoms with Crippen molar-refractivity contribution in [1.29, 1.82) is 0 Å². The molecule has 2 nitrogen and oxygen atoms in total. The number of nitrogens with one attached hydrogen (secondary N) is 1. The molecule has 0 radical (unpaired) electrons. The van der Waals surface area contributed by atoms with E-state index in [0.29, 0.717) is 0 Å². The van der Waals surface area contributed by atoms with Crippen LogP contribution in [-0.4, -0.2) is 11.5 Å². The molecule has 0 amide bonds. The van der Waals surface area contributed by atoms with Crippen molar-refractivity contribution in [3.8, 4) is 0 Å². The van der Waals surface area contributed by atoms with Crippen LogP contribution in [0.4, 0.5) is 4.39 Å². The number of aryl methyl sites for hydroxylation is 1. The third-order valence-corrected chi connectivity index (χ3v) is 3.89. The molecule has 0 saturated heterocycles. The number of hydrogen-bond acceptors (Lipinski definition) is 3. The molecule has 1 aromatic carbocycles. The van der Waals surface area contributed by atoms with Crippen molar-refractivity contribution < 1.29 is 4.39 Å². The zero-order valence-electron chi connectivity index (χ0n) is 10.2. The molecule has 0 bridgehead atoms. The molecule has 0 aliphatic carbocycles. The summed E-state index contributed by atoms with van der Waals surface area (Å²) in [4.78, 5) is 4.48. The third-order valence-electron chi connectivity index (χ3n) is 2.57. The van der Waals surface area contributed by atoms with Crippen LogP contribution in [0.15, 0.2) is 23.6 Å². The van der Waals surface area contributed by atoms with Gasteiger partial charge in [-0.1, -0.05) is 24.6 Å². The van der Waals surface area contributed by atoms with Crippen LogP contribution in [0.2, 0.25) is 5.02 Å². The maximum absolute atomic E-state index is 13.2. The van der Waals surface area contributed by atoms with Crippen molar-refractivity contribution in [3.63, 3.8) is 0 Å². The van der Waals surface area contributed by atoms with Gasteiger partial charge in [0.15, 0.2) is 0 Å². The van der Waals surface area contributed by atoms with Gasteiger partial charge in [-0.25, -0.2) is 9.37 Å². The maximum Gasteiger partial charge on any atom is 0.141 e. The predicted octanol–water partition coefficient (Wildman–Crippen LogP) is 3.94. The van der Waals surface area contributed by atoms with Crippen molar-refractivity contribution in [2.24, 2.45) is 0 Å². The van der Waals surface area contributed by atoms with Gasteiger partial charge in [-0.2, -0.15) is 0 Å². The largest absolute Gasteiger partial charge is 0.305 e. The Morgan fingerprint density at radius 1 is 1.50 bits per heavy atom. The summed E-state index contributed by atoms with van der Waals surface area (Å²) in [6, 6.07) is 4.75. The monoisotopic (exact) mass is 284 g/mol. The van der Waals surface area contributed by atoms with Gasteiger partial charge in [0.1, 0.15) is 10.8 Å². The van der Waals surface area contributed by atoms with E-state index in [1.54, 1.807) is 23.5 Å². The van der Waals surface area contributed by atoms with Gasteiger partial charge in [-0.15, -0.1) is 11.3 Å². The molecule has 0 saturated carbocycles. The molecule has 2 rings (SSSR count). The molecule has 0 aliphatic heterocycles. The highest BCUT2D eigenvalue weighted by Gasteiger charge is 2.17. The zero-order valence-corrected chi connectivity index (χ0v) is 11.8. The minimum absolute atomic E-state index is 0.0354. The smallest absolute Gasteiger partial charge is 0.141 e. The number of rotatable bonds is 4. The van der Waals surface area contributed by atoms with Crippen LogP contribution < -0.4 is 5.32 Å². The van der Waals surface area contributed by atoms with Gasteiger partial charge in [0.2, 0.25) is 0 Å². The minimum atomic E-state index is -0.397. The highest BCUT2D eigenvalue weighted by Crippen LogP contribution is 2.27. The summed E-state index contributed by atoms with van der Waals surface area (Å²) in [5.41, 5.74) is 1.92. The number of benzene rings is 1. The van der Waals surface area contributed by atoms with Crippen LogP contribution in [0.5, 0.6) is 0 Å². The van der Waals surface area contributed by atoms with Gasteiger partial charge >= 0.3 is 0 Å². The fourth-order valence-corrected chi connectivity index (χ4v) is 2.83. The molecule has 1 unspecified atom stereocenters. The van der Waals surface area contributed by atoms with Gasteiger partial charge < -0.3 is 5.32 Å². The number of thiazole rings is 1. The quantitative estimate of drug-likeness (QED) is 0.920. The van der Waals surface area contributed by atoms with Crippen molar-refractivity contribution in [3.05, 3.63) is 50.7 Å². The Balaban J connectivity index is 2.37. The number of hydrogen-bond donors (Lipinski definition) is 1. The lowest BCUT2D eigenvalue weighted by atomic mass is 10.1. The second-order valence-corrected chi connectivity index (χ2v) is 5.29.